The highest BCUT2D eigenvalue weighted by molar-refractivity contribution is 5.84. The first-order chi connectivity index (χ1) is 10.2. The average Bonchev–Trinajstić information content (AvgIpc) is 2.97. The minimum atomic E-state index is 0.0223. The van der Waals surface area contributed by atoms with Crippen molar-refractivity contribution in [2.75, 3.05) is 13.1 Å². The molecule has 2 fully saturated rings. The number of hydrogen-bond acceptors (Lipinski definition) is 4. The monoisotopic (exact) mass is 288 g/mol. The number of hydrogen-bond donors (Lipinski definition) is 0. The summed E-state index contributed by atoms with van der Waals surface area (Å²) < 4.78 is 5.80. The van der Waals surface area contributed by atoms with Crippen molar-refractivity contribution in [2.24, 2.45) is 5.92 Å². The lowest BCUT2D eigenvalue weighted by Crippen LogP contribution is -2.37. The lowest BCUT2D eigenvalue weighted by Gasteiger charge is -2.25. The Hall–Kier alpha value is -1.91. The van der Waals surface area contributed by atoms with E-state index < -0.39 is 0 Å². The molecule has 1 aliphatic carbocycles. The number of Topliss-reactive ketones (excluding diaryl/α,β-unsaturated/α-hetero) is 1. The predicted octanol–water partition coefficient (Wildman–Crippen LogP) is 1.82. The summed E-state index contributed by atoms with van der Waals surface area (Å²) in [4.78, 5) is 29.7. The Bertz CT molecular complexity index is 508. The van der Waals surface area contributed by atoms with Crippen molar-refractivity contribution in [1.82, 2.24) is 9.88 Å². The second-order valence-corrected chi connectivity index (χ2v) is 5.79. The van der Waals surface area contributed by atoms with Gasteiger partial charge in [-0.15, -0.1) is 0 Å². The zero-order valence-electron chi connectivity index (χ0n) is 12.0. The van der Waals surface area contributed by atoms with Crippen molar-refractivity contribution < 1.29 is 14.3 Å². The molecule has 21 heavy (non-hydrogen) atoms. The Morgan fingerprint density at radius 2 is 2.05 bits per heavy atom. The van der Waals surface area contributed by atoms with Gasteiger partial charge in [0.25, 0.3) is 0 Å². The molecule has 1 unspecified atom stereocenters. The minimum Gasteiger partial charge on any atom is -0.472 e. The van der Waals surface area contributed by atoms with E-state index in [2.05, 4.69) is 4.98 Å². The van der Waals surface area contributed by atoms with Crippen LogP contribution in [0.5, 0.6) is 5.88 Å². The third kappa shape index (κ3) is 3.40. The molecule has 0 spiro atoms. The van der Waals surface area contributed by atoms with Crippen molar-refractivity contribution in [3.63, 3.8) is 0 Å². The highest BCUT2D eigenvalue weighted by atomic mass is 16.5. The lowest BCUT2D eigenvalue weighted by atomic mass is 9.87. The maximum atomic E-state index is 12.4. The minimum absolute atomic E-state index is 0.0223. The zero-order valence-corrected chi connectivity index (χ0v) is 12.0. The first-order valence-electron chi connectivity index (χ1n) is 7.60. The highest BCUT2D eigenvalue weighted by Gasteiger charge is 2.33. The van der Waals surface area contributed by atoms with E-state index in [4.69, 9.17) is 4.74 Å². The first-order valence-corrected chi connectivity index (χ1v) is 7.60. The van der Waals surface area contributed by atoms with E-state index in [-0.39, 0.29) is 23.7 Å². The van der Waals surface area contributed by atoms with Crippen molar-refractivity contribution in [1.29, 1.82) is 0 Å². The van der Waals surface area contributed by atoms with E-state index in [0.717, 1.165) is 13.0 Å². The van der Waals surface area contributed by atoms with E-state index in [1.165, 1.54) is 0 Å². The molecule has 5 nitrogen and oxygen atoms in total. The summed E-state index contributed by atoms with van der Waals surface area (Å²) in [6.45, 7) is 1.36. The van der Waals surface area contributed by atoms with Crippen LogP contribution in [0.2, 0.25) is 0 Å². The van der Waals surface area contributed by atoms with Crippen molar-refractivity contribution in [3.8, 4) is 5.88 Å². The molecule has 3 rings (SSSR count). The van der Waals surface area contributed by atoms with Crippen LogP contribution in [-0.4, -0.2) is 40.8 Å². The van der Waals surface area contributed by atoms with Gasteiger partial charge >= 0.3 is 0 Å². The van der Waals surface area contributed by atoms with Crippen LogP contribution in [-0.2, 0) is 9.59 Å². The molecule has 1 aromatic heterocycles. The number of amides is 1. The largest absolute Gasteiger partial charge is 0.472 e. The molecule has 2 heterocycles. The Kier molecular flexibility index (Phi) is 4.18. The van der Waals surface area contributed by atoms with Crippen LogP contribution in [0, 0.1) is 5.92 Å². The molecule has 1 atom stereocenters. The third-order valence-electron chi connectivity index (χ3n) is 4.27. The van der Waals surface area contributed by atoms with Gasteiger partial charge < -0.3 is 9.64 Å². The molecule has 1 aromatic rings. The van der Waals surface area contributed by atoms with Gasteiger partial charge in [-0.25, -0.2) is 4.98 Å². The summed E-state index contributed by atoms with van der Waals surface area (Å²) in [7, 11) is 0. The van der Waals surface area contributed by atoms with Crippen molar-refractivity contribution in [2.45, 2.75) is 38.2 Å². The van der Waals surface area contributed by atoms with Crippen LogP contribution in [0.25, 0.3) is 0 Å². The molecule has 0 aromatic carbocycles. The van der Waals surface area contributed by atoms with Gasteiger partial charge in [-0.3, -0.25) is 9.59 Å². The molecule has 5 heteroatoms. The smallest absolute Gasteiger partial charge is 0.225 e. The normalized spacial score (nSPS) is 23.3. The van der Waals surface area contributed by atoms with Gasteiger partial charge in [0.2, 0.25) is 11.8 Å². The Balaban J connectivity index is 1.52. The van der Waals surface area contributed by atoms with Crippen LogP contribution in [0.4, 0.5) is 0 Å². The second kappa shape index (κ2) is 6.24. The van der Waals surface area contributed by atoms with Gasteiger partial charge in [0, 0.05) is 44.0 Å². The summed E-state index contributed by atoms with van der Waals surface area (Å²) in [5.74, 6) is 1.11. The number of pyridine rings is 1. The van der Waals surface area contributed by atoms with Crippen LogP contribution in [0.1, 0.15) is 32.1 Å². The summed E-state index contributed by atoms with van der Waals surface area (Å²) >= 11 is 0. The topological polar surface area (TPSA) is 59.5 Å². The fourth-order valence-corrected chi connectivity index (χ4v) is 3.06. The van der Waals surface area contributed by atoms with E-state index in [1.54, 1.807) is 6.20 Å². The molecule has 0 bridgehead atoms. The van der Waals surface area contributed by atoms with Gasteiger partial charge in [-0.05, 0) is 18.9 Å². The van der Waals surface area contributed by atoms with Gasteiger partial charge in [0.15, 0.2) is 0 Å². The summed E-state index contributed by atoms with van der Waals surface area (Å²) in [5, 5.41) is 0. The average molecular weight is 288 g/mol. The van der Waals surface area contributed by atoms with Crippen LogP contribution < -0.4 is 4.74 Å². The number of aromatic nitrogens is 1. The van der Waals surface area contributed by atoms with E-state index in [9.17, 15) is 9.59 Å². The third-order valence-corrected chi connectivity index (χ3v) is 4.27. The molecule has 112 valence electrons. The molecule has 2 aliphatic rings. The standard InChI is InChI=1S/C16H20N2O3/c19-13-6-4-12(5-7-13)16(20)18-10-8-14(11-18)21-15-3-1-2-9-17-15/h1-3,9,12,14H,4-8,10-11H2. The number of rotatable bonds is 3. The van der Waals surface area contributed by atoms with Crippen molar-refractivity contribution in [3.05, 3.63) is 24.4 Å². The Morgan fingerprint density at radius 1 is 1.24 bits per heavy atom. The van der Waals surface area contributed by atoms with Crippen LogP contribution in [0.3, 0.4) is 0 Å². The quantitative estimate of drug-likeness (QED) is 0.851. The molecule has 0 radical (unpaired) electrons. The number of carbonyl (C=O) groups excluding carboxylic acids is 2. The number of ketones is 1. The van der Waals surface area contributed by atoms with Gasteiger partial charge in [-0.2, -0.15) is 0 Å². The number of carbonyl (C=O) groups is 2. The molecule has 1 aliphatic heterocycles. The summed E-state index contributed by atoms with van der Waals surface area (Å²) in [6, 6.07) is 5.57. The van der Waals surface area contributed by atoms with Gasteiger partial charge in [0.05, 0.1) is 6.54 Å². The SMILES string of the molecule is O=C1CCC(C(=O)N2CCC(Oc3ccccn3)C2)CC1. The van der Waals surface area contributed by atoms with E-state index in [1.807, 2.05) is 23.1 Å². The molecular weight excluding hydrogens is 268 g/mol. The van der Waals surface area contributed by atoms with Gasteiger partial charge in [-0.1, -0.05) is 6.07 Å². The molecule has 1 saturated heterocycles. The summed E-state index contributed by atoms with van der Waals surface area (Å²) in [5.41, 5.74) is 0. The maximum Gasteiger partial charge on any atom is 0.225 e. The number of nitrogens with zero attached hydrogens (tertiary/aromatic N) is 2. The van der Waals surface area contributed by atoms with Gasteiger partial charge in [0.1, 0.15) is 11.9 Å². The van der Waals surface area contributed by atoms with E-state index >= 15 is 0 Å². The lowest BCUT2D eigenvalue weighted by molar-refractivity contribution is -0.136. The highest BCUT2D eigenvalue weighted by Crippen LogP contribution is 2.26. The predicted molar refractivity (Wildman–Crippen MR) is 76.8 cm³/mol. The van der Waals surface area contributed by atoms with Crippen LogP contribution >= 0.6 is 0 Å². The Morgan fingerprint density at radius 3 is 2.76 bits per heavy atom. The maximum absolute atomic E-state index is 12.4. The molecular formula is C16H20N2O3. The van der Waals surface area contributed by atoms with Crippen LogP contribution in [0.15, 0.2) is 24.4 Å². The zero-order chi connectivity index (χ0) is 14.7. The second-order valence-electron chi connectivity index (χ2n) is 5.79. The number of ether oxygens (including phenoxy) is 1. The summed E-state index contributed by atoms with van der Waals surface area (Å²) in [6.07, 6.45) is 5.09. The molecule has 1 saturated carbocycles. The van der Waals surface area contributed by atoms with Crippen molar-refractivity contribution >= 4 is 11.7 Å². The Labute approximate surface area is 124 Å². The van der Waals surface area contributed by atoms with E-state index in [0.29, 0.717) is 38.1 Å². The number of likely N-dealkylation sites (tertiary alicyclic amines) is 1. The fraction of sp³-hybridized carbons (Fsp3) is 0.562. The molecule has 1 amide bonds. The molecule has 0 N–H and O–H groups in total. The fourth-order valence-electron chi connectivity index (χ4n) is 3.06. The first kappa shape index (κ1) is 14.0.